The van der Waals surface area contributed by atoms with Crippen LogP contribution in [-0.2, 0) is 22.6 Å². The van der Waals surface area contributed by atoms with Gasteiger partial charge < -0.3 is 9.64 Å². The Morgan fingerprint density at radius 3 is 2.60 bits per heavy atom. The molecule has 1 N–H and O–H groups in total. The molecule has 4 heterocycles. The first-order valence-electron chi connectivity index (χ1n) is 11.3. The Bertz CT molecular complexity index is 1400. The maximum atomic E-state index is 13.6. The van der Waals surface area contributed by atoms with Gasteiger partial charge in [-0.25, -0.2) is 4.68 Å². The van der Waals surface area contributed by atoms with Crippen LogP contribution in [-0.4, -0.2) is 45.1 Å². The molecule has 1 saturated heterocycles. The molecule has 0 bridgehead atoms. The molecule has 1 fully saturated rings. The number of hydrogen-bond acceptors (Lipinski definition) is 5. The molecule has 35 heavy (non-hydrogen) atoms. The summed E-state index contributed by atoms with van der Waals surface area (Å²) in [5, 5.41) is 6.44. The second kappa shape index (κ2) is 8.00. The number of nitrogens with one attached hydrogen (secondary N) is 1. The standard InChI is InChI=1S/C25H20F2N4O4/c26-25(27)31-12-18(22(29-31)15-2-5-20-14(10-15)7-8-35-20)13-1-3-17-16(9-13)11-30(24(17)34)19-4-6-21(32)28-23(19)33/h1-3,5,9-10,12,19,25H,4,6-8,11H2,(H,28,32,33). The van der Waals surface area contributed by atoms with Crippen LogP contribution in [0.4, 0.5) is 8.78 Å². The number of alkyl halides is 2. The summed E-state index contributed by atoms with van der Waals surface area (Å²) in [5.74, 6) is -0.334. The number of rotatable bonds is 4. The molecule has 3 aliphatic rings. The molecular formula is C25H20F2N4O4. The minimum Gasteiger partial charge on any atom is -0.493 e. The summed E-state index contributed by atoms with van der Waals surface area (Å²) in [6, 6.07) is 9.95. The van der Waals surface area contributed by atoms with E-state index in [1.54, 1.807) is 24.3 Å². The van der Waals surface area contributed by atoms with Crippen LogP contribution in [0.1, 0.15) is 40.9 Å². The van der Waals surface area contributed by atoms with E-state index < -0.39 is 18.5 Å². The van der Waals surface area contributed by atoms with Crippen LogP contribution < -0.4 is 10.1 Å². The van der Waals surface area contributed by atoms with Gasteiger partial charge >= 0.3 is 6.55 Å². The van der Waals surface area contributed by atoms with Crippen molar-refractivity contribution in [3.05, 3.63) is 59.3 Å². The van der Waals surface area contributed by atoms with Gasteiger partial charge in [0.15, 0.2) is 0 Å². The van der Waals surface area contributed by atoms with Gasteiger partial charge in [-0.1, -0.05) is 6.07 Å². The highest BCUT2D eigenvalue weighted by Gasteiger charge is 2.39. The number of fused-ring (bicyclic) bond motifs is 2. The summed E-state index contributed by atoms with van der Waals surface area (Å²) >= 11 is 0. The Balaban J connectivity index is 1.37. The molecule has 1 atom stereocenters. The SMILES string of the molecule is O=C1CCC(N2Cc3cc(-c4cn(C(F)F)nc4-c4ccc5c(c4)CCO5)ccc3C2=O)C(=O)N1. The zero-order valence-electron chi connectivity index (χ0n) is 18.5. The quantitative estimate of drug-likeness (QED) is 0.581. The van der Waals surface area contributed by atoms with E-state index in [-0.39, 0.29) is 31.2 Å². The molecule has 0 radical (unpaired) electrons. The van der Waals surface area contributed by atoms with Gasteiger partial charge in [0.2, 0.25) is 11.8 Å². The number of ether oxygens (including phenoxy) is 1. The Morgan fingerprint density at radius 2 is 1.80 bits per heavy atom. The van der Waals surface area contributed by atoms with E-state index in [1.165, 1.54) is 11.1 Å². The fraction of sp³-hybridized carbons (Fsp3) is 0.280. The number of amides is 3. The molecule has 6 rings (SSSR count). The first-order chi connectivity index (χ1) is 16.9. The summed E-state index contributed by atoms with van der Waals surface area (Å²) in [6.45, 7) is -2.03. The van der Waals surface area contributed by atoms with Crippen LogP contribution in [0.3, 0.4) is 0 Å². The van der Waals surface area contributed by atoms with Crippen LogP contribution in [0.15, 0.2) is 42.6 Å². The maximum Gasteiger partial charge on any atom is 0.333 e. The Kier molecular flexibility index (Phi) is 4.91. The zero-order chi connectivity index (χ0) is 24.3. The normalized spacial score (nSPS) is 19.1. The van der Waals surface area contributed by atoms with Gasteiger partial charge in [0, 0.05) is 42.3 Å². The number of benzene rings is 2. The summed E-state index contributed by atoms with van der Waals surface area (Å²) in [7, 11) is 0. The fourth-order valence-corrected chi connectivity index (χ4v) is 4.99. The van der Waals surface area contributed by atoms with Gasteiger partial charge in [-0.3, -0.25) is 19.7 Å². The van der Waals surface area contributed by atoms with E-state index in [2.05, 4.69) is 10.4 Å². The molecule has 3 aromatic rings. The van der Waals surface area contributed by atoms with Gasteiger partial charge in [0.1, 0.15) is 17.5 Å². The molecule has 1 unspecified atom stereocenters. The molecule has 3 amide bonds. The predicted molar refractivity (Wildman–Crippen MR) is 120 cm³/mol. The molecule has 0 spiro atoms. The van der Waals surface area contributed by atoms with E-state index in [4.69, 9.17) is 4.74 Å². The lowest BCUT2D eigenvalue weighted by molar-refractivity contribution is -0.136. The summed E-state index contributed by atoms with van der Waals surface area (Å²) in [5.41, 5.74) is 4.40. The van der Waals surface area contributed by atoms with E-state index in [1.807, 2.05) is 12.1 Å². The van der Waals surface area contributed by atoms with E-state index in [0.29, 0.717) is 44.8 Å². The van der Waals surface area contributed by atoms with Gasteiger partial charge in [0.05, 0.1) is 6.61 Å². The van der Waals surface area contributed by atoms with Crippen LogP contribution in [0, 0.1) is 0 Å². The molecule has 1 aromatic heterocycles. The monoisotopic (exact) mass is 478 g/mol. The average molecular weight is 478 g/mol. The second-order valence-electron chi connectivity index (χ2n) is 8.84. The Hall–Kier alpha value is -4.08. The summed E-state index contributed by atoms with van der Waals surface area (Å²) in [4.78, 5) is 38.3. The third kappa shape index (κ3) is 3.56. The topological polar surface area (TPSA) is 93.5 Å². The Labute approximate surface area is 198 Å². The van der Waals surface area contributed by atoms with Crippen LogP contribution in [0.25, 0.3) is 22.4 Å². The predicted octanol–water partition coefficient (Wildman–Crippen LogP) is 3.31. The van der Waals surface area contributed by atoms with Crippen molar-refractivity contribution in [2.45, 2.75) is 38.4 Å². The van der Waals surface area contributed by atoms with Crippen molar-refractivity contribution in [3.63, 3.8) is 0 Å². The summed E-state index contributed by atoms with van der Waals surface area (Å²) in [6.07, 6.45) is 2.49. The number of carbonyl (C=O) groups is 3. The van der Waals surface area contributed by atoms with Gasteiger partial charge in [-0.05, 0) is 53.4 Å². The lowest BCUT2D eigenvalue weighted by Gasteiger charge is -2.29. The van der Waals surface area contributed by atoms with Gasteiger partial charge in [-0.15, -0.1) is 0 Å². The minimum atomic E-state index is -2.81. The molecule has 2 aromatic carbocycles. The molecule has 8 nitrogen and oxygen atoms in total. The van der Waals surface area contributed by atoms with E-state index in [9.17, 15) is 23.2 Å². The van der Waals surface area contributed by atoms with Crippen molar-refractivity contribution >= 4 is 17.7 Å². The van der Waals surface area contributed by atoms with Crippen molar-refractivity contribution in [1.82, 2.24) is 20.0 Å². The first kappa shape index (κ1) is 21.5. The van der Waals surface area contributed by atoms with Crippen molar-refractivity contribution in [3.8, 4) is 28.1 Å². The molecular weight excluding hydrogens is 458 g/mol. The minimum absolute atomic E-state index is 0.170. The number of aromatic nitrogens is 2. The highest BCUT2D eigenvalue weighted by Crippen LogP contribution is 2.38. The van der Waals surface area contributed by atoms with Crippen LogP contribution in [0.2, 0.25) is 0 Å². The summed E-state index contributed by atoms with van der Waals surface area (Å²) < 4.78 is 33.3. The Morgan fingerprint density at radius 1 is 1.00 bits per heavy atom. The smallest absolute Gasteiger partial charge is 0.333 e. The molecule has 0 saturated carbocycles. The van der Waals surface area contributed by atoms with Crippen molar-refractivity contribution in [2.24, 2.45) is 0 Å². The number of carbonyl (C=O) groups excluding carboxylic acids is 3. The highest BCUT2D eigenvalue weighted by molar-refractivity contribution is 6.05. The molecule has 10 heteroatoms. The van der Waals surface area contributed by atoms with Crippen molar-refractivity contribution in [2.75, 3.05) is 6.61 Å². The van der Waals surface area contributed by atoms with Crippen molar-refractivity contribution < 1.29 is 27.9 Å². The third-order valence-corrected chi connectivity index (χ3v) is 6.73. The number of imide groups is 1. The number of hydrogen-bond donors (Lipinski definition) is 1. The first-order valence-corrected chi connectivity index (χ1v) is 11.3. The van der Waals surface area contributed by atoms with Gasteiger partial charge in [0.25, 0.3) is 5.91 Å². The lowest BCUT2D eigenvalue weighted by Crippen LogP contribution is -2.52. The second-order valence-corrected chi connectivity index (χ2v) is 8.84. The lowest BCUT2D eigenvalue weighted by atomic mass is 9.97. The molecule has 3 aliphatic heterocycles. The maximum absolute atomic E-state index is 13.6. The highest BCUT2D eigenvalue weighted by atomic mass is 19.3. The number of nitrogens with zero attached hydrogens (tertiary/aromatic N) is 3. The largest absolute Gasteiger partial charge is 0.493 e. The molecule has 178 valence electrons. The van der Waals surface area contributed by atoms with E-state index >= 15 is 0 Å². The zero-order valence-corrected chi connectivity index (χ0v) is 18.5. The van der Waals surface area contributed by atoms with Crippen LogP contribution >= 0.6 is 0 Å². The fourth-order valence-electron chi connectivity index (χ4n) is 4.99. The van der Waals surface area contributed by atoms with Gasteiger partial charge in [-0.2, -0.15) is 13.9 Å². The average Bonchev–Trinajstić information content (AvgIpc) is 3.56. The van der Waals surface area contributed by atoms with Crippen molar-refractivity contribution in [1.29, 1.82) is 0 Å². The molecule has 0 aliphatic carbocycles. The number of piperidine rings is 1. The van der Waals surface area contributed by atoms with E-state index in [0.717, 1.165) is 17.7 Å². The number of halogens is 2. The van der Waals surface area contributed by atoms with Crippen LogP contribution in [0.5, 0.6) is 5.75 Å². The third-order valence-electron chi connectivity index (χ3n) is 6.73.